The summed E-state index contributed by atoms with van der Waals surface area (Å²) in [6.07, 6.45) is 0.381. The number of carboxylic acids is 1. The first-order valence-electron chi connectivity index (χ1n) is 9.11. The molecule has 0 radical (unpaired) electrons. The van der Waals surface area contributed by atoms with E-state index in [4.69, 9.17) is 4.74 Å². The molecule has 0 spiro atoms. The minimum Gasteiger partial charge on any atom is -0.481 e. The number of hydrogen-bond acceptors (Lipinski definition) is 4. The maximum absolute atomic E-state index is 12.4. The van der Waals surface area contributed by atoms with Crippen LogP contribution in [0.2, 0.25) is 0 Å². The number of ether oxygens (including phenoxy) is 1. The minimum absolute atomic E-state index is 0.0915. The molecule has 0 bridgehead atoms. The van der Waals surface area contributed by atoms with Crippen LogP contribution in [0.25, 0.3) is 0 Å². The molecule has 142 valence electrons. The molecule has 1 aliphatic heterocycles. The van der Waals surface area contributed by atoms with E-state index in [1.807, 2.05) is 42.5 Å². The predicted octanol–water partition coefficient (Wildman–Crippen LogP) is 2.20. The molecular formula is C21H24N2O4. The Hall–Kier alpha value is -2.86. The summed E-state index contributed by atoms with van der Waals surface area (Å²) in [6.45, 7) is 3.19. The van der Waals surface area contributed by atoms with Crippen LogP contribution in [0.5, 0.6) is 0 Å². The van der Waals surface area contributed by atoms with Crippen LogP contribution in [0.4, 0.5) is 5.69 Å². The third kappa shape index (κ3) is 5.31. The fraction of sp³-hybridized carbons (Fsp3) is 0.333. The zero-order valence-electron chi connectivity index (χ0n) is 15.1. The van der Waals surface area contributed by atoms with Gasteiger partial charge in [0.1, 0.15) is 0 Å². The van der Waals surface area contributed by atoms with E-state index in [1.165, 1.54) is 0 Å². The topological polar surface area (TPSA) is 78.9 Å². The van der Waals surface area contributed by atoms with Gasteiger partial charge < -0.3 is 20.1 Å². The number of hydrogen-bond donors (Lipinski definition) is 2. The van der Waals surface area contributed by atoms with Gasteiger partial charge in [0.05, 0.1) is 19.1 Å². The molecule has 0 aliphatic carbocycles. The maximum atomic E-state index is 12.4. The Morgan fingerprint density at radius 3 is 2.33 bits per heavy atom. The Labute approximate surface area is 158 Å². The van der Waals surface area contributed by atoms with Crippen LogP contribution < -0.4 is 10.2 Å². The smallest absolute Gasteiger partial charge is 0.308 e. The molecule has 1 aliphatic rings. The van der Waals surface area contributed by atoms with Crippen molar-refractivity contribution in [1.29, 1.82) is 0 Å². The number of morpholine rings is 1. The van der Waals surface area contributed by atoms with Gasteiger partial charge in [0.2, 0.25) is 0 Å². The van der Waals surface area contributed by atoms with E-state index in [-0.39, 0.29) is 12.5 Å². The zero-order chi connectivity index (χ0) is 19.1. The van der Waals surface area contributed by atoms with E-state index in [1.54, 1.807) is 12.1 Å². The van der Waals surface area contributed by atoms with Crippen LogP contribution in [-0.4, -0.2) is 49.8 Å². The van der Waals surface area contributed by atoms with Crippen molar-refractivity contribution in [2.75, 3.05) is 37.7 Å². The molecule has 1 heterocycles. The third-order valence-corrected chi connectivity index (χ3v) is 4.69. The van der Waals surface area contributed by atoms with E-state index in [9.17, 15) is 14.7 Å². The van der Waals surface area contributed by atoms with Gasteiger partial charge in [-0.1, -0.05) is 30.3 Å². The number of carbonyl (C=O) groups excluding carboxylic acids is 1. The summed E-state index contributed by atoms with van der Waals surface area (Å²) in [5.41, 5.74) is 2.52. The van der Waals surface area contributed by atoms with Crippen LogP contribution >= 0.6 is 0 Å². The normalized spacial score (nSPS) is 15.2. The maximum Gasteiger partial charge on any atom is 0.308 e. The lowest BCUT2D eigenvalue weighted by atomic mass is 9.99. The van der Waals surface area contributed by atoms with Crippen molar-refractivity contribution in [2.45, 2.75) is 6.42 Å². The van der Waals surface area contributed by atoms with Gasteiger partial charge in [-0.05, 0) is 36.2 Å². The van der Waals surface area contributed by atoms with Crippen LogP contribution in [0.3, 0.4) is 0 Å². The van der Waals surface area contributed by atoms with Gasteiger partial charge >= 0.3 is 5.97 Å². The summed E-state index contributed by atoms with van der Waals surface area (Å²) in [4.78, 5) is 26.1. The van der Waals surface area contributed by atoms with E-state index < -0.39 is 11.9 Å². The van der Waals surface area contributed by atoms with Crippen LogP contribution in [-0.2, 0) is 16.0 Å². The number of carbonyl (C=O) groups is 2. The average molecular weight is 368 g/mol. The second-order valence-electron chi connectivity index (χ2n) is 6.58. The van der Waals surface area contributed by atoms with Crippen molar-refractivity contribution >= 4 is 17.6 Å². The molecule has 27 heavy (non-hydrogen) atoms. The lowest BCUT2D eigenvalue weighted by molar-refractivity contribution is -0.141. The summed E-state index contributed by atoms with van der Waals surface area (Å²) in [6, 6.07) is 16.8. The Bertz CT molecular complexity index is 756. The molecule has 6 heteroatoms. The minimum atomic E-state index is -0.915. The number of amides is 1. The first-order chi connectivity index (χ1) is 13.1. The monoisotopic (exact) mass is 368 g/mol. The molecule has 1 unspecified atom stereocenters. The summed E-state index contributed by atoms with van der Waals surface area (Å²) in [5, 5.41) is 12.2. The van der Waals surface area contributed by atoms with Crippen LogP contribution in [0, 0.1) is 5.92 Å². The molecule has 2 N–H and O–H groups in total. The van der Waals surface area contributed by atoms with E-state index in [0.29, 0.717) is 25.2 Å². The zero-order valence-corrected chi connectivity index (χ0v) is 15.1. The van der Waals surface area contributed by atoms with Crippen molar-refractivity contribution in [3.05, 3.63) is 65.7 Å². The van der Waals surface area contributed by atoms with Crippen LogP contribution in [0.1, 0.15) is 15.9 Å². The SMILES string of the molecule is O=C(NCC(Cc1ccccc1)C(=O)O)c1ccc(N2CCOCC2)cc1. The van der Waals surface area contributed by atoms with E-state index >= 15 is 0 Å². The van der Waals surface area contributed by atoms with Gasteiger partial charge in [0.15, 0.2) is 0 Å². The van der Waals surface area contributed by atoms with Crippen molar-refractivity contribution in [3.63, 3.8) is 0 Å². The molecule has 6 nitrogen and oxygen atoms in total. The third-order valence-electron chi connectivity index (χ3n) is 4.69. The van der Waals surface area contributed by atoms with Crippen molar-refractivity contribution in [3.8, 4) is 0 Å². The van der Waals surface area contributed by atoms with Crippen LogP contribution in [0.15, 0.2) is 54.6 Å². The van der Waals surface area contributed by atoms with E-state index in [2.05, 4.69) is 10.2 Å². The van der Waals surface area contributed by atoms with Gasteiger partial charge in [0.25, 0.3) is 5.91 Å². The molecule has 3 rings (SSSR count). The molecule has 1 amide bonds. The number of nitrogens with one attached hydrogen (secondary N) is 1. The van der Waals surface area contributed by atoms with Gasteiger partial charge in [-0.15, -0.1) is 0 Å². The molecule has 1 fully saturated rings. The van der Waals surface area contributed by atoms with Gasteiger partial charge in [0, 0.05) is 30.9 Å². The Morgan fingerprint density at radius 1 is 1.04 bits per heavy atom. The summed E-state index contributed by atoms with van der Waals surface area (Å²) >= 11 is 0. The van der Waals surface area contributed by atoms with Gasteiger partial charge in [-0.25, -0.2) is 0 Å². The molecule has 2 aromatic carbocycles. The Morgan fingerprint density at radius 2 is 1.70 bits per heavy atom. The first kappa shape index (κ1) is 18.9. The highest BCUT2D eigenvalue weighted by molar-refractivity contribution is 5.94. The standard InChI is InChI=1S/C21H24N2O4/c24-20(17-6-8-19(9-7-17)23-10-12-27-13-11-23)22-15-18(21(25)26)14-16-4-2-1-3-5-16/h1-9,18H,10-15H2,(H,22,24)(H,25,26). The van der Waals surface area contributed by atoms with Crippen molar-refractivity contribution in [2.24, 2.45) is 5.92 Å². The largest absolute Gasteiger partial charge is 0.481 e. The number of nitrogens with zero attached hydrogens (tertiary/aromatic N) is 1. The fourth-order valence-electron chi connectivity index (χ4n) is 3.11. The Balaban J connectivity index is 1.56. The highest BCUT2D eigenvalue weighted by Gasteiger charge is 2.19. The fourth-order valence-corrected chi connectivity index (χ4v) is 3.11. The summed E-state index contributed by atoms with van der Waals surface area (Å²) < 4.78 is 5.35. The van der Waals surface area contributed by atoms with Crippen molar-refractivity contribution < 1.29 is 19.4 Å². The quantitative estimate of drug-likeness (QED) is 0.783. The van der Waals surface area contributed by atoms with Gasteiger partial charge in [-0.3, -0.25) is 9.59 Å². The van der Waals surface area contributed by atoms with E-state index in [0.717, 1.165) is 24.3 Å². The molecule has 2 aromatic rings. The lowest BCUT2D eigenvalue weighted by Crippen LogP contribution is -2.36. The Kier molecular flexibility index (Phi) is 6.44. The number of rotatable bonds is 7. The molecule has 0 aromatic heterocycles. The number of carboxylic acid groups (broad SMARTS) is 1. The number of aliphatic carboxylic acids is 1. The second kappa shape index (κ2) is 9.19. The first-order valence-corrected chi connectivity index (χ1v) is 9.11. The molecule has 1 atom stereocenters. The van der Waals surface area contributed by atoms with Crippen molar-refractivity contribution in [1.82, 2.24) is 5.32 Å². The van der Waals surface area contributed by atoms with Gasteiger partial charge in [-0.2, -0.15) is 0 Å². The lowest BCUT2D eigenvalue weighted by Gasteiger charge is -2.28. The summed E-state index contributed by atoms with van der Waals surface area (Å²) in [7, 11) is 0. The highest BCUT2D eigenvalue weighted by Crippen LogP contribution is 2.17. The second-order valence-corrected chi connectivity index (χ2v) is 6.58. The average Bonchev–Trinajstić information content (AvgIpc) is 2.72. The molecule has 1 saturated heterocycles. The summed E-state index contributed by atoms with van der Waals surface area (Å²) in [5.74, 6) is -1.84. The predicted molar refractivity (Wildman–Crippen MR) is 103 cm³/mol. The molecule has 0 saturated carbocycles. The molecular weight excluding hydrogens is 344 g/mol. The number of benzene rings is 2. The highest BCUT2D eigenvalue weighted by atomic mass is 16.5. The number of anilines is 1.